The molecule has 6 nitrogen and oxygen atoms in total. The van der Waals surface area contributed by atoms with Crippen molar-refractivity contribution in [3.63, 3.8) is 0 Å². The predicted molar refractivity (Wildman–Crippen MR) is 88.2 cm³/mol. The number of sulfonamides is 1. The molecule has 0 spiro atoms. The highest BCUT2D eigenvalue weighted by Crippen LogP contribution is 2.17. The van der Waals surface area contributed by atoms with Gasteiger partial charge in [-0.2, -0.15) is 11.3 Å². The monoisotopic (exact) mass is 345 g/mol. The van der Waals surface area contributed by atoms with Gasteiger partial charge in [-0.25, -0.2) is 12.7 Å². The van der Waals surface area contributed by atoms with Gasteiger partial charge in [-0.15, -0.1) is 0 Å². The first kappa shape index (κ1) is 17.4. The first-order valence-electron chi connectivity index (χ1n) is 7.17. The number of carbonyl (C=O) groups excluding carboxylic acids is 1. The Labute approximate surface area is 136 Å². The fourth-order valence-corrected chi connectivity index (χ4v) is 4.18. The van der Waals surface area contributed by atoms with Gasteiger partial charge in [-0.05, 0) is 22.4 Å². The lowest BCUT2D eigenvalue weighted by molar-refractivity contribution is -0.133. The van der Waals surface area contributed by atoms with E-state index in [1.54, 1.807) is 30.3 Å². The highest BCUT2D eigenvalue weighted by atomic mass is 32.2. The second kappa shape index (κ2) is 7.08. The van der Waals surface area contributed by atoms with Crippen LogP contribution in [0.15, 0.2) is 16.8 Å². The number of thiophene rings is 1. The maximum atomic E-state index is 12.4. The maximum absolute atomic E-state index is 12.4. The van der Waals surface area contributed by atoms with Crippen molar-refractivity contribution in [2.45, 2.75) is 6.54 Å². The van der Waals surface area contributed by atoms with Crippen LogP contribution in [0.4, 0.5) is 0 Å². The first-order chi connectivity index (χ1) is 10.3. The zero-order valence-electron chi connectivity index (χ0n) is 13.2. The molecule has 1 amide bonds. The molecular weight excluding hydrogens is 322 g/mol. The molecule has 1 atom stereocenters. The second-order valence-electron chi connectivity index (χ2n) is 5.92. The molecule has 0 unspecified atom stereocenters. The van der Waals surface area contributed by atoms with Crippen LogP contribution in [0, 0.1) is 5.92 Å². The Hall–Kier alpha value is -0.960. The maximum Gasteiger partial charge on any atom is 0.227 e. The zero-order chi connectivity index (χ0) is 16.3. The number of amides is 1. The molecule has 1 aromatic heterocycles. The molecule has 1 aliphatic heterocycles. The normalized spacial score (nSPS) is 21.5. The predicted octanol–water partition coefficient (Wildman–Crippen LogP) is 0.530. The van der Waals surface area contributed by atoms with Crippen LogP contribution < -0.4 is 0 Å². The van der Waals surface area contributed by atoms with Gasteiger partial charge in [0.05, 0.1) is 12.2 Å². The van der Waals surface area contributed by atoms with E-state index in [-0.39, 0.29) is 18.4 Å². The van der Waals surface area contributed by atoms with Crippen molar-refractivity contribution in [3.8, 4) is 0 Å². The Bertz CT molecular complexity index is 599. The Morgan fingerprint density at radius 1 is 1.36 bits per heavy atom. The molecule has 0 radical (unpaired) electrons. The van der Waals surface area contributed by atoms with Gasteiger partial charge in [0.2, 0.25) is 15.9 Å². The minimum Gasteiger partial charge on any atom is -0.348 e. The fraction of sp³-hybridized carbons (Fsp3) is 0.643. The Balaban J connectivity index is 2.16. The van der Waals surface area contributed by atoms with Gasteiger partial charge in [-0.3, -0.25) is 9.69 Å². The molecule has 1 aromatic rings. The summed E-state index contributed by atoms with van der Waals surface area (Å²) in [6.07, 6.45) is 1.21. The molecule has 2 rings (SSSR count). The second-order valence-corrected chi connectivity index (χ2v) is 8.68. The molecule has 1 aliphatic rings. The summed E-state index contributed by atoms with van der Waals surface area (Å²) >= 11 is 1.64. The van der Waals surface area contributed by atoms with Crippen LogP contribution in [-0.2, 0) is 21.4 Å². The first-order valence-corrected chi connectivity index (χ1v) is 9.96. The van der Waals surface area contributed by atoms with Crippen molar-refractivity contribution < 1.29 is 13.2 Å². The molecule has 8 heteroatoms. The smallest absolute Gasteiger partial charge is 0.227 e. The van der Waals surface area contributed by atoms with Gasteiger partial charge in [-0.1, -0.05) is 0 Å². The van der Waals surface area contributed by atoms with Gasteiger partial charge >= 0.3 is 0 Å². The molecular formula is C14H23N3O3S2. The number of hydrogen-bond donors (Lipinski definition) is 0. The lowest BCUT2D eigenvalue weighted by Crippen LogP contribution is -2.41. The van der Waals surface area contributed by atoms with Crippen LogP contribution >= 0.6 is 11.3 Å². The number of rotatable bonds is 4. The number of nitrogens with zero attached hydrogens (tertiary/aromatic N) is 3. The molecule has 1 saturated heterocycles. The largest absolute Gasteiger partial charge is 0.348 e. The van der Waals surface area contributed by atoms with E-state index in [0.717, 1.165) is 6.54 Å². The van der Waals surface area contributed by atoms with Gasteiger partial charge in [0, 0.05) is 46.8 Å². The molecule has 2 heterocycles. The SMILES string of the molecule is CN(C)C(=O)[C@H]1CN(Cc2ccsc2)CCN(S(C)(=O)=O)C1. The standard InChI is InChI=1S/C14H23N3O3S2/c1-15(2)14(18)13-9-16(8-12-4-7-21-11-12)5-6-17(10-13)22(3,19)20/h4,7,11,13H,5-6,8-10H2,1-3H3/t13-/m0/s1. The summed E-state index contributed by atoms with van der Waals surface area (Å²) in [5, 5.41) is 4.11. The molecule has 0 aliphatic carbocycles. The van der Waals surface area contributed by atoms with Crippen molar-refractivity contribution in [2.75, 3.05) is 46.5 Å². The van der Waals surface area contributed by atoms with Gasteiger partial charge in [0.15, 0.2) is 0 Å². The van der Waals surface area contributed by atoms with Gasteiger partial charge in [0.1, 0.15) is 0 Å². The third kappa shape index (κ3) is 4.52. The van der Waals surface area contributed by atoms with Crippen LogP contribution in [0.25, 0.3) is 0 Å². The van der Waals surface area contributed by atoms with Crippen molar-refractivity contribution >= 4 is 27.3 Å². The van der Waals surface area contributed by atoms with E-state index >= 15 is 0 Å². The lowest BCUT2D eigenvalue weighted by atomic mass is 10.1. The molecule has 0 saturated carbocycles. The van der Waals surface area contributed by atoms with Crippen LogP contribution in [0.3, 0.4) is 0 Å². The molecule has 0 bridgehead atoms. The quantitative estimate of drug-likeness (QED) is 0.799. The Morgan fingerprint density at radius 2 is 2.09 bits per heavy atom. The van der Waals surface area contributed by atoms with E-state index in [1.807, 2.05) is 5.38 Å². The topological polar surface area (TPSA) is 60.9 Å². The summed E-state index contributed by atoms with van der Waals surface area (Å²) in [5.74, 6) is -0.350. The summed E-state index contributed by atoms with van der Waals surface area (Å²) in [6.45, 7) is 2.66. The highest BCUT2D eigenvalue weighted by molar-refractivity contribution is 7.88. The van der Waals surface area contributed by atoms with Crippen molar-refractivity contribution in [2.24, 2.45) is 5.92 Å². The summed E-state index contributed by atoms with van der Waals surface area (Å²) in [6, 6.07) is 2.06. The van der Waals surface area contributed by atoms with Crippen LogP contribution in [0.1, 0.15) is 5.56 Å². The van der Waals surface area contributed by atoms with Crippen molar-refractivity contribution in [1.82, 2.24) is 14.1 Å². The minimum absolute atomic E-state index is 0.0223. The Kier molecular flexibility index (Phi) is 5.60. The zero-order valence-corrected chi connectivity index (χ0v) is 14.9. The highest BCUT2D eigenvalue weighted by Gasteiger charge is 2.32. The average molecular weight is 345 g/mol. The Morgan fingerprint density at radius 3 is 2.64 bits per heavy atom. The van der Waals surface area contributed by atoms with E-state index in [9.17, 15) is 13.2 Å². The van der Waals surface area contributed by atoms with E-state index < -0.39 is 10.0 Å². The fourth-order valence-electron chi connectivity index (χ4n) is 2.66. The summed E-state index contributed by atoms with van der Waals surface area (Å²) in [5.41, 5.74) is 1.20. The van der Waals surface area contributed by atoms with E-state index in [4.69, 9.17) is 0 Å². The number of carbonyl (C=O) groups is 1. The summed E-state index contributed by atoms with van der Waals surface area (Å²) in [7, 11) is 0.130. The third-order valence-electron chi connectivity index (χ3n) is 3.81. The van der Waals surface area contributed by atoms with Crippen LogP contribution in [0.2, 0.25) is 0 Å². The lowest BCUT2D eigenvalue weighted by Gasteiger charge is -2.25. The van der Waals surface area contributed by atoms with Gasteiger partial charge < -0.3 is 4.90 Å². The van der Waals surface area contributed by atoms with E-state index in [1.165, 1.54) is 16.1 Å². The van der Waals surface area contributed by atoms with Gasteiger partial charge in [0.25, 0.3) is 0 Å². The van der Waals surface area contributed by atoms with E-state index in [0.29, 0.717) is 19.6 Å². The summed E-state index contributed by atoms with van der Waals surface area (Å²) < 4.78 is 25.2. The van der Waals surface area contributed by atoms with Crippen LogP contribution in [0.5, 0.6) is 0 Å². The number of hydrogen-bond acceptors (Lipinski definition) is 5. The molecule has 22 heavy (non-hydrogen) atoms. The third-order valence-corrected chi connectivity index (χ3v) is 5.82. The van der Waals surface area contributed by atoms with E-state index in [2.05, 4.69) is 16.3 Å². The minimum atomic E-state index is -3.29. The van der Waals surface area contributed by atoms with Crippen molar-refractivity contribution in [3.05, 3.63) is 22.4 Å². The molecule has 0 aromatic carbocycles. The summed E-state index contributed by atoms with van der Waals surface area (Å²) in [4.78, 5) is 16.1. The molecule has 1 fully saturated rings. The molecule has 124 valence electrons. The van der Waals surface area contributed by atoms with Crippen molar-refractivity contribution in [1.29, 1.82) is 0 Å². The molecule has 0 N–H and O–H groups in total. The van der Waals surface area contributed by atoms with Crippen LogP contribution in [-0.4, -0.2) is 75.0 Å². The average Bonchev–Trinajstić information content (AvgIpc) is 2.82.